The van der Waals surface area contributed by atoms with Crippen molar-refractivity contribution in [2.45, 2.75) is 433 Å². The molecule has 17 nitrogen and oxygen atoms in total. The van der Waals surface area contributed by atoms with E-state index >= 15 is 0 Å². The van der Waals surface area contributed by atoms with Gasteiger partial charge in [-0.25, -0.2) is 9.13 Å². The molecule has 0 aromatic carbocycles. The van der Waals surface area contributed by atoms with Crippen molar-refractivity contribution in [2.75, 3.05) is 39.6 Å². The number of carbonyl (C=O) groups is 4. The van der Waals surface area contributed by atoms with Crippen LogP contribution in [0.5, 0.6) is 0 Å². The number of ether oxygens (including phenoxy) is 4. The Morgan fingerprint density at radius 3 is 0.710 bits per heavy atom. The van der Waals surface area contributed by atoms with Gasteiger partial charge in [-0.3, -0.25) is 37.3 Å². The fourth-order valence-electron chi connectivity index (χ4n) is 12.4. The van der Waals surface area contributed by atoms with E-state index in [0.717, 1.165) is 120 Å². The average molecular weight is 1470 g/mol. The van der Waals surface area contributed by atoms with Crippen LogP contribution in [-0.2, 0) is 65.4 Å². The van der Waals surface area contributed by atoms with E-state index in [1.54, 1.807) is 0 Å². The molecule has 0 heterocycles. The van der Waals surface area contributed by atoms with Crippen molar-refractivity contribution in [3.8, 4) is 0 Å². The highest BCUT2D eigenvalue weighted by molar-refractivity contribution is 7.47. The van der Waals surface area contributed by atoms with E-state index in [0.29, 0.717) is 25.7 Å². The molecule has 0 saturated heterocycles. The third-order valence-electron chi connectivity index (χ3n) is 19.5. The molecule has 0 aromatic rings. The lowest BCUT2D eigenvalue weighted by molar-refractivity contribution is -0.161. The number of hydrogen-bond donors (Lipinski definition) is 3. The van der Waals surface area contributed by atoms with Gasteiger partial charge in [0.2, 0.25) is 0 Å². The highest BCUT2D eigenvalue weighted by Crippen LogP contribution is 2.45. The minimum absolute atomic E-state index is 0.104. The Balaban J connectivity index is 5.22. The Bertz CT molecular complexity index is 1960. The fourth-order valence-corrected chi connectivity index (χ4v) is 13.9. The van der Waals surface area contributed by atoms with Gasteiger partial charge < -0.3 is 33.8 Å². The molecular formula is C81H158O17P2. The van der Waals surface area contributed by atoms with Gasteiger partial charge in [0.1, 0.15) is 19.3 Å². The first-order valence-corrected chi connectivity index (χ1v) is 44.8. The van der Waals surface area contributed by atoms with Gasteiger partial charge in [0, 0.05) is 25.7 Å². The normalized spacial score (nSPS) is 14.6. The van der Waals surface area contributed by atoms with Crippen molar-refractivity contribution < 1.29 is 80.2 Å². The Hall–Kier alpha value is -1.94. The highest BCUT2D eigenvalue weighted by atomic mass is 31.2. The van der Waals surface area contributed by atoms with Crippen molar-refractivity contribution >= 4 is 39.5 Å². The largest absolute Gasteiger partial charge is 0.472 e. The summed E-state index contributed by atoms with van der Waals surface area (Å²) >= 11 is 0. The second-order valence-electron chi connectivity index (χ2n) is 30.6. The first-order valence-electron chi connectivity index (χ1n) is 41.8. The second kappa shape index (κ2) is 70.1. The number of carbonyl (C=O) groups excluding carboxylic acids is 4. The topological polar surface area (TPSA) is 237 Å². The molecule has 0 aromatic heterocycles. The minimum atomic E-state index is -4.96. The summed E-state index contributed by atoms with van der Waals surface area (Å²) in [7, 11) is -9.92. The zero-order chi connectivity index (χ0) is 73.8. The summed E-state index contributed by atoms with van der Waals surface area (Å²) < 4.78 is 68.7. The Morgan fingerprint density at radius 2 is 0.480 bits per heavy atom. The van der Waals surface area contributed by atoms with Crippen molar-refractivity contribution in [1.29, 1.82) is 0 Å². The predicted molar refractivity (Wildman–Crippen MR) is 409 cm³/mol. The quantitative estimate of drug-likeness (QED) is 0.0222. The third kappa shape index (κ3) is 71.7. The molecule has 4 unspecified atom stereocenters. The van der Waals surface area contributed by atoms with Crippen LogP contribution in [0.15, 0.2) is 0 Å². The van der Waals surface area contributed by atoms with E-state index in [2.05, 4.69) is 55.4 Å². The molecule has 0 amide bonds. The minimum Gasteiger partial charge on any atom is -0.462 e. The standard InChI is InChI=1S/C81H158O17P2/c1-9-73(7)59-51-43-35-31-32-38-48-56-64-81(86)98-77(68-92-79(84)62-54-46-40-39-44-52-60-74(8)10-2)70-96-100(89,90)94-66-75(82)65-93-99(87,88)95-69-76(97-80(85)63-55-47-37-30-26-22-18-17-20-24-28-34-42-50-58-72(5)6)67-91-78(83)61-53-45-36-29-25-21-16-14-12-11-13-15-19-23-27-33-41-49-57-71(3)4/h71-77,82H,9-70H2,1-8H3,(H,87,88)(H,89,90)/t73?,74?,75-,76-,77-/m1/s1. The zero-order valence-electron chi connectivity index (χ0n) is 65.8. The average Bonchev–Trinajstić information content (AvgIpc) is 0.943. The molecule has 0 fully saturated rings. The number of phosphoric acid groups is 2. The smallest absolute Gasteiger partial charge is 0.462 e. The number of aliphatic hydroxyl groups excluding tert-OH is 1. The number of esters is 4. The van der Waals surface area contributed by atoms with Crippen LogP contribution in [0, 0.1) is 23.7 Å². The first-order chi connectivity index (χ1) is 48.2. The maximum atomic E-state index is 13.1. The molecule has 594 valence electrons. The van der Waals surface area contributed by atoms with Crippen LogP contribution in [0.2, 0.25) is 0 Å². The summed E-state index contributed by atoms with van der Waals surface area (Å²) in [6, 6.07) is 0. The van der Waals surface area contributed by atoms with E-state index in [4.69, 9.17) is 37.0 Å². The molecule has 0 saturated carbocycles. The van der Waals surface area contributed by atoms with E-state index in [9.17, 15) is 43.2 Å². The summed E-state index contributed by atoms with van der Waals surface area (Å²) in [5.74, 6) is 1.00. The van der Waals surface area contributed by atoms with E-state index < -0.39 is 97.5 Å². The molecule has 0 bridgehead atoms. The van der Waals surface area contributed by atoms with Gasteiger partial charge >= 0.3 is 39.5 Å². The molecule has 3 N–H and O–H groups in total. The van der Waals surface area contributed by atoms with Crippen molar-refractivity contribution in [3.05, 3.63) is 0 Å². The molecule has 7 atom stereocenters. The molecule has 19 heteroatoms. The highest BCUT2D eigenvalue weighted by Gasteiger charge is 2.30. The van der Waals surface area contributed by atoms with Gasteiger partial charge in [0.25, 0.3) is 0 Å². The summed E-state index contributed by atoms with van der Waals surface area (Å²) in [5.41, 5.74) is 0. The number of aliphatic hydroxyl groups is 1. The first kappa shape index (κ1) is 98.1. The molecule has 0 aliphatic carbocycles. The Morgan fingerprint density at radius 1 is 0.280 bits per heavy atom. The third-order valence-corrected chi connectivity index (χ3v) is 21.4. The summed E-state index contributed by atoms with van der Waals surface area (Å²) in [6.45, 7) is 14.3. The van der Waals surface area contributed by atoms with Crippen LogP contribution < -0.4 is 0 Å². The van der Waals surface area contributed by atoms with Gasteiger partial charge in [0.15, 0.2) is 12.2 Å². The zero-order valence-corrected chi connectivity index (χ0v) is 67.6. The second-order valence-corrected chi connectivity index (χ2v) is 33.5. The predicted octanol–water partition coefficient (Wildman–Crippen LogP) is 24.0. The van der Waals surface area contributed by atoms with Crippen LogP contribution in [0.3, 0.4) is 0 Å². The van der Waals surface area contributed by atoms with Gasteiger partial charge in [-0.1, -0.05) is 364 Å². The number of rotatable bonds is 78. The van der Waals surface area contributed by atoms with Crippen LogP contribution in [0.4, 0.5) is 0 Å². The molecule has 0 aliphatic heterocycles. The van der Waals surface area contributed by atoms with Gasteiger partial charge in [0.05, 0.1) is 26.4 Å². The van der Waals surface area contributed by atoms with Crippen LogP contribution in [0.25, 0.3) is 0 Å². The van der Waals surface area contributed by atoms with E-state index in [-0.39, 0.29) is 25.7 Å². The Kier molecular flexibility index (Phi) is 68.7. The molecule has 0 radical (unpaired) electrons. The number of phosphoric ester groups is 2. The molecule has 0 rings (SSSR count). The summed E-state index contributed by atoms with van der Waals surface area (Å²) in [4.78, 5) is 73.0. The fraction of sp³-hybridized carbons (Fsp3) is 0.951. The lowest BCUT2D eigenvalue weighted by Crippen LogP contribution is -2.30. The van der Waals surface area contributed by atoms with Gasteiger partial charge in [-0.15, -0.1) is 0 Å². The summed E-state index contributed by atoms with van der Waals surface area (Å²) in [6.07, 6.45) is 57.0. The Labute approximate surface area is 613 Å². The van der Waals surface area contributed by atoms with Crippen molar-refractivity contribution in [1.82, 2.24) is 0 Å². The monoisotopic (exact) mass is 1470 g/mol. The van der Waals surface area contributed by atoms with Crippen LogP contribution in [-0.4, -0.2) is 96.7 Å². The SMILES string of the molecule is CCC(C)CCCCCCCCCCC(=O)O[C@H](COC(=O)CCCCCCCCC(C)CC)COP(=O)(O)OC[C@H](O)COP(=O)(O)OC[C@@H](COC(=O)CCCCCCCCCCCCCCCCCCCCC(C)C)OC(=O)CCCCCCCCCCCCCCCCC(C)C. The van der Waals surface area contributed by atoms with E-state index in [1.165, 1.54) is 212 Å². The van der Waals surface area contributed by atoms with Gasteiger partial charge in [-0.05, 0) is 49.4 Å². The van der Waals surface area contributed by atoms with Crippen LogP contribution in [0.1, 0.15) is 415 Å². The molecular weight excluding hydrogens is 1310 g/mol. The van der Waals surface area contributed by atoms with Gasteiger partial charge in [-0.2, -0.15) is 0 Å². The molecule has 0 spiro atoms. The summed E-state index contributed by atoms with van der Waals surface area (Å²) in [5, 5.41) is 10.6. The lowest BCUT2D eigenvalue weighted by Gasteiger charge is -2.21. The number of unbranched alkanes of at least 4 members (excludes halogenated alkanes) is 42. The van der Waals surface area contributed by atoms with Crippen molar-refractivity contribution in [3.63, 3.8) is 0 Å². The molecule has 100 heavy (non-hydrogen) atoms. The van der Waals surface area contributed by atoms with E-state index in [1.807, 2.05) is 0 Å². The number of hydrogen-bond acceptors (Lipinski definition) is 15. The maximum Gasteiger partial charge on any atom is 0.472 e. The van der Waals surface area contributed by atoms with Crippen LogP contribution >= 0.6 is 15.6 Å². The lowest BCUT2D eigenvalue weighted by atomic mass is 9.99. The molecule has 0 aliphatic rings. The van der Waals surface area contributed by atoms with Crippen molar-refractivity contribution in [2.24, 2.45) is 23.7 Å². The maximum absolute atomic E-state index is 13.1.